The average Bonchev–Trinajstić information content (AvgIpc) is 3.21. The number of morpholine rings is 1. The Bertz CT molecular complexity index is 732. The van der Waals surface area contributed by atoms with Crippen molar-refractivity contribution >= 4 is 0 Å². The average molecular weight is 356 g/mol. The quantitative estimate of drug-likeness (QED) is 0.795. The third-order valence-corrected chi connectivity index (χ3v) is 5.44. The van der Waals surface area contributed by atoms with Gasteiger partial charge in [0.2, 0.25) is 0 Å². The number of pyridine rings is 1. The molecule has 0 bridgehead atoms. The first kappa shape index (κ1) is 17.6. The second kappa shape index (κ2) is 7.86. The number of aromatic nitrogens is 3. The summed E-state index contributed by atoms with van der Waals surface area (Å²) in [7, 11) is 1.97. The van der Waals surface area contributed by atoms with E-state index in [-0.39, 0.29) is 0 Å². The van der Waals surface area contributed by atoms with Gasteiger partial charge in [-0.15, -0.1) is 0 Å². The molecule has 3 heterocycles. The smallest absolute Gasteiger partial charge is 0.0888 e. The molecule has 6 heteroatoms. The first-order valence-corrected chi connectivity index (χ1v) is 9.51. The molecule has 0 aromatic carbocycles. The summed E-state index contributed by atoms with van der Waals surface area (Å²) < 4.78 is 13.9. The van der Waals surface area contributed by atoms with Crippen molar-refractivity contribution in [3.63, 3.8) is 0 Å². The van der Waals surface area contributed by atoms with Crippen LogP contribution in [0.4, 0.5) is 0 Å². The van der Waals surface area contributed by atoms with E-state index in [1.54, 1.807) is 0 Å². The summed E-state index contributed by atoms with van der Waals surface area (Å²) in [6.45, 7) is 6.16. The minimum atomic E-state index is 0.339. The van der Waals surface area contributed by atoms with Gasteiger partial charge in [0.25, 0.3) is 0 Å². The maximum atomic E-state index is 6.06. The molecule has 0 N–H and O–H groups in total. The van der Waals surface area contributed by atoms with E-state index in [2.05, 4.69) is 21.2 Å². The minimum Gasteiger partial charge on any atom is -0.375 e. The summed E-state index contributed by atoms with van der Waals surface area (Å²) in [6.07, 6.45) is 6.65. The summed E-state index contributed by atoms with van der Waals surface area (Å²) >= 11 is 0. The molecule has 2 aromatic rings. The van der Waals surface area contributed by atoms with Crippen LogP contribution >= 0.6 is 0 Å². The van der Waals surface area contributed by atoms with Gasteiger partial charge in [-0.2, -0.15) is 5.10 Å². The van der Waals surface area contributed by atoms with E-state index >= 15 is 0 Å². The van der Waals surface area contributed by atoms with Crippen LogP contribution in [0, 0.1) is 12.8 Å². The zero-order valence-corrected chi connectivity index (χ0v) is 15.7. The van der Waals surface area contributed by atoms with Crippen molar-refractivity contribution in [1.82, 2.24) is 19.7 Å². The molecule has 1 aliphatic heterocycles. The van der Waals surface area contributed by atoms with Crippen LogP contribution in [0.1, 0.15) is 29.8 Å². The van der Waals surface area contributed by atoms with Crippen LogP contribution in [-0.2, 0) is 29.7 Å². The van der Waals surface area contributed by atoms with Crippen molar-refractivity contribution in [3.8, 4) is 0 Å². The first-order chi connectivity index (χ1) is 12.7. The number of ether oxygens (including phenoxy) is 2. The lowest BCUT2D eigenvalue weighted by molar-refractivity contribution is -0.0591. The fourth-order valence-electron chi connectivity index (χ4n) is 4.26. The highest BCUT2D eigenvalue weighted by molar-refractivity contribution is 5.09. The summed E-state index contributed by atoms with van der Waals surface area (Å²) in [5.74, 6) is 0.560. The van der Waals surface area contributed by atoms with Gasteiger partial charge in [0.05, 0.1) is 37.8 Å². The van der Waals surface area contributed by atoms with Gasteiger partial charge in [0.15, 0.2) is 0 Å². The molecular weight excluding hydrogens is 328 g/mol. The monoisotopic (exact) mass is 356 g/mol. The van der Waals surface area contributed by atoms with Gasteiger partial charge < -0.3 is 9.47 Å². The van der Waals surface area contributed by atoms with Crippen molar-refractivity contribution in [1.29, 1.82) is 0 Å². The van der Waals surface area contributed by atoms with Gasteiger partial charge in [0, 0.05) is 43.6 Å². The highest BCUT2D eigenvalue weighted by atomic mass is 16.5. The largest absolute Gasteiger partial charge is 0.375 e. The highest BCUT2D eigenvalue weighted by Gasteiger charge is 2.41. The van der Waals surface area contributed by atoms with Gasteiger partial charge in [-0.05, 0) is 37.8 Å². The van der Waals surface area contributed by atoms with Gasteiger partial charge in [-0.3, -0.25) is 14.6 Å². The molecule has 0 unspecified atom stereocenters. The SMILES string of the molecule is Cc1cccc(COC[C@@H]2C[C@@H]3OCCN(Cc4cnn(C)c4)[C@H]3C2)n1. The lowest BCUT2D eigenvalue weighted by Gasteiger charge is -2.37. The number of hydrogen-bond donors (Lipinski definition) is 0. The summed E-state index contributed by atoms with van der Waals surface area (Å²) in [4.78, 5) is 7.07. The van der Waals surface area contributed by atoms with Crippen molar-refractivity contribution < 1.29 is 9.47 Å². The maximum Gasteiger partial charge on any atom is 0.0888 e. The lowest BCUT2D eigenvalue weighted by Crippen LogP contribution is -2.47. The molecule has 26 heavy (non-hydrogen) atoms. The first-order valence-electron chi connectivity index (χ1n) is 9.51. The van der Waals surface area contributed by atoms with Gasteiger partial charge in [0.1, 0.15) is 0 Å². The minimum absolute atomic E-state index is 0.339. The molecule has 2 aliphatic rings. The highest BCUT2D eigenvalue weighted by Crippen LogP contribution is 2.35. The Morgan fingerprint density at radius 1 is 1.31 bits per heavy atom. The fraction of sp³-hybridized carbons (Fsp3) is 0.600. The second-order valence-corrected chi connectivity index (χ2v) is 7.59. The van der Waals surface area contributed by atoms with Crippen molar-refractivity contribution in [2.45, 2.75) is 45.1 Å². The van der Waals surface area contributed by atoms with E-state index in [1.807, 2.05) is 43.0 Å². The predicted octanol–water partition coefficient (Wildman–Crippen LogP) is 2.32. The molecule has 2 aromatic heterocycles. The Labute approximate surface area is 155 Å². The van der Waals surface area contributed by atoms with Crippen LogP contribution in [0.25, 0.3) is 0 Å². The summed E-state index contributed by atoms with van der Waals surface area (Å²) in [5.41, 5.74) is 3.32. The molecule has 0 radical (unpaired) electrons. The van der Waals surface area contributed by atoms with E-state index < -0.39 is 0 Å². The number of hydrogen-bond acceptors (Lipinski definition) is 5. The third kappa shape index (κ3) is 4.14. The van der Waals surface area contributed by atoms with E-state index in [1.165, 1.54) is 5.56 Å². The number of fused-ring (bicyclic) bond motifs is 1. The third-order valence-electron chi connectivity index (χ3n) is 5.44. The Balaban J connectivity index is 1.29. The zero-order valence-electron chi connectivity index (χ0n) is 15.7. The van der Waals surface area contributed by atoms with E-state index in [0.717, 1.165) is 50.5 Å². The standard InChI is InChI=1S/C20H28N4O2/c1-15-4-3-5-18(22-15)14-25-13-16-8-19-20(9-16)26-7-6-24(19)12-17-10-21-23(2)11-17/h3-5,10-11,16,19-20H,6-9,12-14H2,1-2H3/t16-,19-,20-/m0/s1. The van der Waals surface area contributed by atoms with Gasteiger partial charge in [-0.1, -0.05) is 6.07 Å². The Morgan fingerprint density at radius 2 is 2.23 bits per heavy atom. The number of rotatable bonds is 6. The summed E-state index contributed by atoms with van der Waals surface area (Å²) in [6, 6.07) is 6.57. The summed E-state index contributed by atoms with van der Waals surface area (Å²) in [5, 5.41) is 4.29. The van der Waals surface area contributed by atoms with Gasteiger partial charge >= 0.3 is 0 Å². The molecule has 1 saturated carbocycles. The lowest BCUT2D eigenvalue weighted by atomic mass is 10.1. The Kier molecular flexibility index (Phi) is 5.33. The van der Waals surface area contributed by atoms with Crippen molar-refractivity contribution in [2.75, 3.05) is 19.8 Å². The molecular formula is C20H28N4O2. The normalized spacial score (nSPS) is 26.2. The van der Waals surface area contributed by atoms with E-state index in [4.69, 9.17) is 9.47 Å². The van der Waals surface area contributed by atoms with Crippen LogP contribution in [0.15, 0.2) is 30.6 Å². The second-order valence-electron chi connectivity index (χ2n) is 7.59. The molecule has 4 rings (SSSR count). The van der Waals surface area contributed by atoms with Crippen molar-refractivity contribution in [3.05, 3.63) is 47.5 Å². The van der Waals surface area contributed by atoms with Crippen LogP contribution in [0.2, 0.25) is 0 Å². The van der Waals surface area contributed by atoms with Crippen molar-refractivity contribution in [2.24, 2.45) is 13.0 Å². The molecule has 2 fully saturated rings. The maximum absolute atomic E-state index is 6.06. The van der Waals surface area contributed by atoms with Crippen LogP contribution in [0.5, 0.6) is 0 Å². The van der Waals surface area contributed by atoms with Crippen LogP contribution in [0.3, 0.4) is 0 Å². The Morgan fingerprint density at radius 3 is 3.04 bits per heavy atom. The molecule has 0 amide bonds. The van der Waals surface area contributed by atoms with Crippen LogP contribution in [-0.4, -0.2) is 51.6 Å². The molecule has 1 aliphatic carbocycles. The van der Waals surface area contributed by atoms with Gasteiger partial charge in [-0.25, -0.2) is 0 Å². The zero-order chi connectivity index (χ0) is 17.9. The molecule has 140 valence electrons. The Hall–Kier alpha value is -1.76. The van der Waals surface area contributed by atoms with Crippen LogP contribution < -0.4 is 0 Å². The molecule has 3 atom stereocenters. The number of aryl methyl sites for hydroxylation is 2. The fourth-order valence-corrected chi connectivity index (χ4v) is 4.26. The topological polar surface area (TPSA) is 52.4 Å². The van der Waals surface area contributed by atoms with E-state index in [9.17, 15) is 0 Å². The van der Waals surface area contributed by atoms with E-state index in [0.29, 0.717) is 24.7 Å². The predicted molar refractivity (Wildman–Crippen MR) is 98.5 cm³/mol. The molecule has 0 spiro atoms. The number of nitrogens with zero attached hydrogens (tertiary/aromatic N) is 4. The molecule has 1 saturated heterocycles. The molecule has 6 nitrogen and oxygen atoms in total.